The van der Waals surface area contributed by atoms with Gasteiger partial charge >= 0.3 is 5.97 Å². The van der Waals surface area contributed by atoms with E-state index in [9.17, 15) is 14.7 Å². The van der Waals surface area contributed by atoms with Gasteiger partial charge in [0.1, 0.15) is 0 Å². The van der Waals surface area contributed by atoms with Crippen molar-refractivity contribution in [3.8, 4) is 11.5 Å². The molecule has 1 aromatic rings. The van der Waals surface area contributed by atoms with Crippen LogP contribution in [0.5, 0.6) is 11.5 Å². The minimum Gasteiger partial charge on any atom is -0.481 e. The van der Waals surface area contributed by atoms with E-state index in [2.05, 4.69) is 39.5 Å². The van der Waals surface area contributed by atoms with Gasteiger partial charge in [-0.3, -0.25) is 14.5 Å². The van der Waals surface area contributed by atoms with E-state index in [1.165, 1.54) is 0 Å². The summed E-state index contributed by atoms with van der Waals surface area (Å²) in [5.41, 5.74) is 0.927. The number of unbranched alkanes of at least 4 members (excludes halogenated alkanes) is 2. The second-order valence-electron chi connectivity index (χ2n) is 11.3. The second kappa shape index (κ2) is 12.8. The first-order valence-electron chi connectivity index (χ1n) is 13.8. The third kappa shape index (κ3) is 6.93. The van der Waals surface area contributed by atoms with Crippen molar-refractivity contribution in [3.63, 3.8) is 0 Å². The van der Waals surface area contributed by atoms with Gasteiger partial charge in [-0.15, -0.1) is 0 Å². The molecule has 0 aliphatic carbocycles. The maximum Gasteiger partial charge on any atom is 0.308 e. The van der Waals surface area contributed by atoms with E-state index in [-0.39, 0.29) is 36.6 Å². The van der Waals surface area contributed by atoms with E-state index in [4.69, 9.17) is 9.47 Å². The fourth-order valence-electron chi connectivity index (χ4n) is 5.91. The summed E-state index contributed by atoms with van der Waals surface area (Å²) < 4.78 is 11.1. The van der Waals surface area contributed by atoms with Crippen molar-refractivity contribution in [3.05, 3.63) is 23.8 Å². The quantitative estimate of drug-likeness (QED) is 0.360. The molecule has 7 nitrogen and oxygen atoms in total. The van der Waals surface area contributed by atoms with Crippen LogP contribution >= 0.6 is 0 Å². The third-order valence-corrected chi connectivity index (χ3v) is 7.80. The largest absolute Gasteiger partial charge is 0.481 e. The standard InChI is InChI=1S/C29H46N2O5/c1-6-9-14-30(15-10-7-2)26(32)19-31-18-22(21-11-12-24-25(16-21)36-20-35-24)27(28(33)34)23(31)17-29(4,5)13-8-3/h11-12,16,22-23,27H,6-10,13-15,17-20H2,1-5H3,(H,33,34)/t22?,23-,27+/m1/s1. The summed E-state index contributed by atoms with van der Waals surface area (Å²) in [6, 6.07) is 5.56. The van der Waals surface area contributed by atoms with E-state index >= 15 is 0 Å². The first-order chi connectivity index (χ1) is 17.2. The van der Waals surface area contributed by atoms with Crippen LogP contribution in [-0.4, -0.2) is 65.8 Å². The Kier molecular flexibility index (Phi) is 10.1. The normalized spacial score (nSPS) is 21.6. The Labute approximate surface area is 217 Å². The average molecular weight is 503 g/mol. The Morgan fingerprint density at radius 1 is 1.06 bits per heavy atom. The maximum atomic E-state index is 13.5. The number of ether oxygens (including phenoxy) is 2. The molecule has 36 heavy (non-hydrogen) atoms. The van der Waals surface area contributed by atoms with Crippen LogP contribution in [-0.2, 0) is 9.59 Å². The molecule has 0 aromatic heterocycles. The van der Waals surface area contributed by atoms with Gasteiger partial charge in [0, 0.05) is 31.6 Å². The third-order valence-electron chi connectivity index (χ3n) is 7.80. The smallest absolute Gasteiger partial charge is 0.308 e. The number of hydrogen-bond acceptors (Lipinski definition) is 5. The van der Waals surface area contributed by atoms with Gasteiger partial charge in [-0.05, 0) is 48.8 Å². The highest BCUT2D eigenvalue weighted by molar-refractivity contribution is 5.79. The van der Waals surface area contributed by atoms with Crippen molar-refractivity contribution in [1.29, 1.82) is 0 Å². The van der Waals surface area contributed by atoms with Gasteiger partial charge < -0.3 is 19.5 Å². The molecular weight excluding hydrogens is 456 g/mol. The number of benzene rings is 1. The molecule has 1 unspecified atom stereocenters. The van der Waals surface area contributed by atoms with Crippen molar-refractivity contribution in [1.82, 2.24) is 9.80 Å². The summed E-state index contributed by atoms with van der Waals surface area (Å²) in [7, 11) is 0. The summed E-state index contributed by atoms with van der Waals surface area (Å²) in [6.07, 6.45) is 6.87. The van der Waals surface area contributed by atoms with Crippen molar-refractivity contribution >= 4 is 11.9 Å². The zero-order valence-electron chi connectivity index (χ0n) is 22.9. The number of aliphatic carboxylic acids is 1. The molecule has 202 valence electrons. The monoisotopic (exact) mass is 502 g/mol. The number of nitrogens with zero attached hydrogens (tertiary/aromatic N) is 2. The molecule has 1 fully saturated rings. The molecule has 0 saturated carbocycles. The highest BCUT2D eigenvalue weighted by Crippen LogP contribution is 2.45. The molecule has 2 heterocycles. The SMILES string of the molecule is CCCCN(CCCC)C(=O)CN1CC(c2ccc3c(c2)OCO3)[C@H](C(=O)O)[C@H]1CC(C)(C)CCC. The zero-order valence-corrected chi connectivity index (χ0v) is 22.9. The van der Waals surface area contributed by atoms with E-state index in [0.717, 1.165) is 63.6 Å². The summed E-state index contributed by atoms with van der Waals surface area (Å²) in [5, 5.41) is 10.5. The molecular formula is C29H46N2O5. The predicted molar refractivity (Wildman–Crippen MR) is 141 cm³/mol. The van der Waals surface area contributed by atoms with Gasteiger partial charge in [-0.1, -0.05) is 59.9 Å². The topological polar surface area (TPSA) is 79.3 Å². The molecule has 7 heteroatoms. The summed E-state index contributed by atoms with van der Waals surface area (Å²) in [5.74, 6) is -0.122. The first-order valence-corrected chi connectivity index (χ1v) is 13.8. The molecule has 1 N–H and O–H groups in total. The lowest BCUT2D eigenvalue weighted by atomic mass is 9.76. The summed E-state index contributed by atoms with van der Waals surface area (Å²) >= 11 is 0. The molecule has 3 atom stereocenters. The van der Waals surface area contributed by atoms with Crippen molar-refractivity contribution in [2.45, 2.75) is 91.5 Å². The minimum atomic E-state index is -0.793. The Balaban J connectivity index is 1.90. The summed E-state index contributed by atoms with van der Waals surface area (Å²) in [4.78, 5) is 30.4. The number of carboxylic acids is 1. The number of hydrogen-bond donors (Lipinski definition) is 1. The Morgan fingerprint density at radius 2 is 1.72 bits per heavy atom. The van der Waals surface area contributed by atoms with E-state index in [1.807, 2.05) is 23.1 Å². The van der Waals surface area contributed by atoms with Crippen LogP contribution in [0.25, 0.3) is 0 Å². The van der Waals surface area contributed by atoms with E-state index in [1.54, 1.807) is 0 Å². The Bertz CT molecular complexity index is 878. The molecule has 1 saturated heterocycles. The van der Waals surface area contributed by atoms with Gasteiger partial charge in [-0.25, -0.2) is 0 Å². The van der Waals surface area contributed by atoms with Crippen LogP contribution in [0.4, 0.5) is 0 Å². The Morgan fingerprint density at radius 3 is 2.33 bits per heavy atom. The number of carbonyl (C=O) groups excluding carboxylic acids is 1. The maximum absolute atomic E-state index is 13.5. The van der Waals surface area contributed by atoms with Crippen LogP contribution in [0.1, 0.15) is 91.0 Å². The van der Waals surface area contributed by atoms with Crippen LogP contribution in [0.2, 0.25) is 0 Å². The zero-order chi connectivity index (χ0) is 26.3. The van der Waals surface area contributed by atoms with Gasteiger partial charge in [0.2, 0.25) is 12.7 Å². The molecule has 0 bridgehead atoms. The Hall–Kier alpha value is -2.28. The fourth-order valence-corrected chi connectivity index (χ4v) is 5.91. The van der Waals surface area contributed by atoms with Crippen molar-refractivity contribution < 1.29 is 24.2 Å². The van der Waals surface area contributed by atoms with Gasteiger partial charge in [0.05, 0.1) is 12.5 Å². The minimum absolute atomic E-state index is 0.0116. The van der Waals surface area contributed by atoms with Crippen LogP contribution < -0.4 is 9.47 Å². The molecule has 2 aliphatic rings. The van der Waals surface area contributed by atoms with Crippen molar-refractivity contribution in [2.24, 2.45) is 11.3 Å². The highest BCUT2D eigenvalue weighted by atomic mass is 16.7. The lowest BCUT2D eigenvalue weighted by Crippen LogP contribution is -2.46. The fraction of sp³-hybridized carbons (Fsp3) is 0.724. The molecule has 1 amide bonds. The molecule has 1 aromatic carbocycles. The molecule has 0 spiro atoms. The average Bonchev–Trinajstić information content (AvgIpc) is 3.43. The second-order valence-corrected chi connectivity index (χ2v) is 11.3. The van der Waals surface area contributed by atoms with Gasteiger partial charge in [0.15, 0.2) is 11.5 Å². The van der Waals surface area contributed by atoms with Crippen LogP contribution in [0.3, 0.4) is 0 Å². The number of amides is 1. The molecule has 0 radical (unpaired) electrons. The van der Waals surface area contributed by atoms with E-state index < -0.39 is 11.9 Å². The number of carboxylic acid groups (broad SMARTS) is 1. The van der Waals surface area contributed by atoms with Crippen LogP contribution in [0, 0.1) is 11.3 Å². The number of rotatable bonds is 14. The summed E-state index contributed by atoms with van der Waals surface area (Å²) in [6.45, 7) is 13.4. The number of likely N-dealkylation sites (tertiary alicyclic amines) is 1. The lowest BCUT2D eigenvalue weighted by molar-refractivity contribution is -0.144. The van der Waals surface area contributed by atoms with Crippen molar-refractivity contribution in [2.75, 3.05) is 33.0 Å². The first kappa shape index (κ1) is 28.3. The number of fused-ring (bicyclic) bond motifs is 1. The highest BCUT2D eigenvalue weighted by Gasteiger charge is 2.48. The van der Waals surface area contributed by atoms with Crippen LogP contribution in [0.15, 0.2) is 18.2 Å². The number of carbonyl (C=O) groups is 2. The molecule has 3 rings (SSSR count). The lowest BCUT2D eigenvalue weighted by Gasteiger charge is -2.35. The predicted octanol–water partition coefficient (Wildman–Crippen LogP) is 5.53. The van der Waals surface area contributed by atoms with E-state index in [0.29, 0.717) is 18.0 Å². The van der Waals surface area contributed by atoms with Gasteiger partial charge in [0.25, 0.3) is 0 Å². The molecule has 2 aliphatic heterocycles. The van der Waals surface area contributed by atoms with Gasteiger partial charge in [-0.2, -0.15) is 0 Å².